The van der Waals surface area contributed by atoms with Crippen LogP contribution in [0.3, 0.4) is 0 Å². The minimum absolute atomic E-state index is 0.201. The molecule has 0 heterocycles. The van der Waals surface area contributed by atoms with E-state index < -0.39 is 0 Å². The standard InChI is InChI=1S/C13H26N2O/c1-11-4-6-12(7-5-11)10-14-13(16)8-9-15(2)3/h11-12H,4-10H2,1-3H3,(H,14,16). The van der Waals surface area contributed by atoms with Gasteiger partial charge in [0.05, 0.1) is 0 Å². The molecule has 1 fully saturated rings. The van der Waals surface area contributed by atoms with E-state index in [4.69, 9.17) is 0 Å². The van der Waals surface area contributed by atoms with E-state index in [9.17, 15) is 4.79 Å². The van der Waals surface area contributed by atoms with Crippen LogP contribution in [0.5, 0.6) is 0 Å². The van der Waals surface area contributed by atoms with Crippen LogP contribution in [0.15, 0.2) is 0 Å². The number of nitrogens with one attached hydrogen (secondary N) is 1. The molecular weight excluding hydrogens is 200 g/mol. The average molecular weight is 226 g/mol. The van der Waals surface area contributed by atoms with Gasteiger partial charge in [-0.25, -0.2) is 0 Å². The van der Waals surface area contributed by atoms with Crippen molar-refractivity contribution in [3.05, 3.63) is 0 Å². The Kier molecular flexibility index (Phi) is 5.81. The first-order valence-electron chi connectivity index (χ1n) is 6.49. The van der Waals surface area contributed by atoms with Crippen molar-refractivity contribution in [1.82, 2.24) is 10.2 Å². The summed E-state index contributed by atoms with van der Waals surface area (Å²) in [6.45, 7) is 4.05. The summed E-state index contributed by atoms with van der Waals surface area (Å²) in [7, 11) is 3.99. The van der Waals surface area contributed by atoms with Crippen LogP contribution in [-0.4, -0.2) is 38.0 Å². The zero-order valence-electron chi connectivity index (χ0n) is 11.0. The lowest BCUT2D eigenvalue weighted by molar-refractivity contribution is -0.121. The molecule has 3 nitrogen and oxygen atoms in total. The number of carbonyl (C=O) groups excluding carboxylic acids is 1. The Hall–Kier alpha value is -0.570. The largest absolute Gasteiger partial charge is 0.356 e. The Balaban J connectivity index is 2.07. The summed E-state index contributed by atoms with van der Waals surface area (Å²) in [6, 6.07) is 0. The number of carbonyl (C=O) groups is 1. The zero-order chi connectivity index (χ0) is 12.0. The Morgan fingerprint density at radius 2 is 1.88 bits per heavy atom. The minimum atomic E-state index is 0.201. The van der Waals surface area contributed by atoms with Crippen LogP contribution in [0.2, 0.25) is 0 Å². The van der Waals surface area contributed by atoms with Crippen LogP contribution < -0.4 is 5.32 Å². The van der Waals surface area contributed by atoms with Crippen LogP contribution >= 0.6 is 0 Å². The van der Waals surface area contributed by atoms with Gasteiger partial charge >= 0.3 is 0 Å². The van der Waals surface area contributed by atoms with Crippen LogP contribution in [0.1, 0.15) is 39.0 Å². The molecule has 3 heteroatoms. The Labute approximate surface area is 99.6 Å². The summed E-state index contributed by atoms with van der Waals surface area (Å²) in [5, 5.41) is 3.06. The molecule has 0 radical (unpaired) electrons. The molecule has 0 aromatic heterocycles. The van der Waals surface area contributed by atoms with Crippen LogP contribution in [0, 0.1) is 11.8 Å². The average Bonchev–Trinajstić information content (AvgIpc) is 2.25. The third kappa shape index (κ3) is 5.50. The van der Waals surface area contributed by atoms with Crippen molar-refractivity contribution in [2.24, 2.45) is 11.8 Å². The van der Waals surface area contributed by atoms with E-state index in [0.29, 0.717) is 6.42 Å². The second-order valence-electron chi connectivity index (χ2n) is 5.48. The van der Waals surface area contributed by atoms with Gasteiger partial charge in [0.15, 0.2) is 0 Å². The lowest BCUT2D eigenvalue weighted by atomic mass is 9.83. The molecule has 0 bridgehead atoms. The van der Waals surface area contributed by atoms with Gasteiger partial charge < -0.3 is 10.2 Å². The third-order valence-corrected chi connectivity index (χ3v) is 3.51. The molecule has 0 aromatic carbocycles. The zero-order valence-corrected chi connectivity index (χ0v) is 11.0. The van der Waals surface area contributed by atoms with Crippen molar-refractivity contribution in [3.8, 4) is 0 Å². The molecule has 16 heavy (non-hydrogen) atoms. The maximum absolute atomic E-state index is 11.5. The second kappa shape index (κ2) is 6.89. The molecule has 94 valence electrons. The summed E-state index contributed by atoms with van der Waals surface area (Å²) in [5.41, 5.74) is 0. The van der Waals surface area contributed by atoms with Gasteiger partial charge in [-0.1, -0.05) is 19.8 Å². The highest BCUT2D eigenvalue weighted by molar-refractivity contribution is 5.76. The van der Waals surface area contributed by atoms with Crippen LogP contribution in [0.25, 0.3) is 0 Å². The maximum Gasteiger partial charge on any atom is 0.221 e. The predicted octanol–water partition coefficient (Wildman–Crippen LogP) is 1.88. The number of amides is 1. The van der Waals surface area contributed by atoms with Gasteiger partial charge in [0.1, 0.15) is 0 Å². The molecule has 0 aromatic rings. The summed E-state index contributed by atoms with van der Waals surface area (Å²) < 4.78 is 0. The molecule has 1 N–H and O–H groups in total. The van der Waals surface area contributed by atoms with E-state index in [1.807, 2.05) is 19.0 Å². The lowest BCUT2D eigenvalue weighted by Crippen LogP contribution is -2.32. The number of hydrogen-bond donors (Lipinski definition) is 1. The lowest BCUT2D eigenvalue weighted by Gasteiger charge is -2.26. The molecule has 0 aliphatic heterocycles. The molecule has 1 saturated carbocycles. The Morgan fingerprint density at radius 3 is 2.44 bits per heavy atom. The molecule has 0 spiro atoms. The van der Waals surface area contributed by atoms with Gasteiger partial charge in [-0.2, -0.15) is 0 Å². The van der Waals surface area contributed by atoms with E-state index in [2.05, 4.69) is 12.2 Å². The molecule has 1 amide bonds. The summed E-state index contributed by atoms with van der Waals surface area (Å²) in [5.74, 6) is 1.81. The Bertz CT molecular complexity index is 208. The van der Waals surface area contributed by atoms with E-state index in [1.54, 1.807) is 0 Å². The van der Waals surface area contributed by atoms with Crippen molar-refractivity contribution < 1.29 is 4.79 Å². The summed E-state index contributed by atoms with van der Waals surface area (Å²) in [6.07, 6.45) is 5.86. The number of hydrogen-bond acceptors (Lipinski definition) is 2. The highest BCUT2D eigenvalue weighted by atomic mass is 16.1. The monoisotopic (exact) mass is 226 g/mol. The van der Waals surface area contributed by atoms with Crippen molar-refractivity contribution in [1.29, 1.82) is 0 Å². The molecule has 0 atom stereocenters. The van der Waals surface area contributed by atoms with Crippen molar-refractivity contribution in [2.45, 2.75) is 39.0 Å². The number of nitrogens with zero attached hydrogens (tertiary/aromatic N) is 1. The number of rotatable bonds is 5. The topological polar surface area (TPSA) is 32.3 Å². The van der Waals surface area contributed by atoms with Crippen molar-refractivity contribution >= 4 is 5.91 Å². The first-order valence-corrected chi connectivity index (χ1v) is 6.49. The maximum atomic E-state index is 11.5. The molecule has 1 aliphatic rings. The predicted molar refractivity (Wildman–Crippen MR) is 67.3 cm³/mol. The second-order valence-corrected chi connectivity index (χ2v) is 5.48. The van der Waals surface area contributed by atoms with Gasteiger partial charge in [0.25, 0.3) is 0 Å². The van der Waals surface area contributed by atoms with Gasteiger partial charge in [-0.05, 0) is 38.8 Å². The third-order valence-electron chi connectivity index (χ3n) is 3.51. The van der Waals surface area contributed by atoms with Gasteiger partial charge in [0.2, 0.25) is 5.91 Å². The van der Waals surface area contributed by atoms with Gasteiger partial charge in [-0.15, -0.1) is 0 Å². The Morgan fingerprint density at radius 1 is 1.25 bits per heavy atom. The highest BCUT2D eigenvalue weighted by Gasteiger charge is 2.18. The van der Waals surface area contributed by atoms with E-state index in [1.165, 1.54) is 25.7 Å². The highest BCUT2D eigenvalue weighted by Crippen LogP contribution is 2.27. The SMILES string of the molecule is CC1CCC(CNC(=O)CCN(C)C)CC1. The summed E-state index contributed by atoms with van der Waals surface area (Å²) in [4.78, 5) is 13.6. The smallest absolute Gasteiger partial charge is 0.221 e. The van der Waals surface area contributed by atoms with Crippen molar-refractivity contribution in [3.63, 3.8) is 0 Å². The van der Waals surface area contributed by atoms with E-state index in [-0.39, 0.29) is 5.91 Å². The fraction of sp³-hybridized carbons (Fsp3) is 0.923. The summed E-state index contributed by atoms with van der Waals surface area (Å²) >= 11 is 0. The first kappa shape index (κ1) is 13.5. The van der Waals surface area contributed by atoms with E-state index >= 15 is 0 Å². The molecule has 1 aliphatic carbocycles. The van der Waals surface area contributed by atoms with Gasteiger partial charge in [0, 0.05) is 19.5 Å². The van der Waals surface area contributed by atoms with Crippen LogP contribution in [-0.2, 0) is 4.79 Å². The van der Waals surface area contributed by atoms with Gasteiger partial charge in [-0.3, -0.25) is 4.79 Å². The normalized spacial score (nSPS) is 25.8. The fourth-order valence-electron chi connectivity index (χ4n) is 2.20. The molecule has 1 rings (SSSR count). The quantitative estimate of drug-likeness (QED) is 0.776. The molecule has 0 unspecified atom stereocenters. The fourth-order valence-corrected chi connectivity index (χ4v) is 2.20. The van der Waals surface area contributed by atoms with Crippen LogP contribution in [0.4, 0.5) is 0 Å². The van der Waals surface area contributed by atoms with Crippen molar-refractivity contribution in [2.75, 3.05) is 27.2 Å². The first-order chi connectivity index (χ1) is 7.58. The molecule has 0 saturated heterocycles. The van der Waals surface area contributed by atoms with E-state index in [0.717, 1.165) is 24.9 Å². The minimum Gasteiger partial charge on any atom is -0.356 e. The molecular formula is C13H26N2O.